The zero-order chi connectivity index (χ0) is 14.7. The van der Waals surface area contributed by atoms with Crippen LogP contribution in [0, 0.1) is 6.92 Å². The number of pyridine rings is 1. The second-order valence-corrected chi connectivity index (χ2v) is 6.15. The smallest absolute Gasteiger partial charge is 0.138 e. The molecule has 0 atom stereocenters. The van der Waals surface area contributed by atoms with Crippen molar-refractivity contribution in [3.05, 3.63) is 46.9 Å². The van der Waals surface area contributed by atoms with Crippen molar-refractivity contribution < 1.29 is 0 Å². The number of rotatable bonds is 5. The molecule has 3 heterocycles. The first-order chi connectivity index (χ1) is 10.3. The third-order valence-electron chi connectivity index (χ3n) is 3.28. The van der Waals surface area contributed by atoms with Crippen molar-refractivity contribution in [2.75, 3.05) is 11.9 Å². The van der Waals surface area contributed by atoms with Gasteiger partial charge in [0.1, 0.15) is 16.5 Å². The maximum absolute atomic E-state index is 4.63. The van der Waals surface area contributed by atoms with Crippen LogP contribution in [0.2, 0.25) is 0 Å². The molecule has 3 rings (SSSR count). The molecule has 0 unspecified atom stereocenters. The molecule has 0 amide bonds. The predicted octanol–water partition coefficient (Wildman–Crippen LogP) is 3.61. The molecule has 0 aliphatic rings. The van der Waals surface area contributed by atoms with Gasteiger partial charge in [-0.3, -0.25) is 4.98 Å². The van der Waals surface area contributed by atoms with Gasteiger partial charge in [-0.2, -0.15) is 0 Å². The van der Waals surface area contributed by atoms with Gasteiger partial charge in [0, 0.05) is 36.2 Å². The Kier molecular flexibility index (Phi) is 4.10. The summed E-state index contributed by atoms with van der Waals surface area (Å²) in [4.78, 5) is 15.9. The predicted molar refractivity (Wildman–Crippen MR) is 88.0 cm³/mol. The fourth-order valence-electron chi connectivity index (χ4n) is 2.23. The second kappa shape index (κ2) is 6.18. The Balaban J connectivity index is 1.79. The number of anilines is 1. The molecule has 0 saturated heterocycles. The summed E-state index contributed by atoms with van der Waals surface area (Å²) in [6.45, 7) is 5.01. The number of aryl methyl sites for hydroxylation is 2. The quantitative estimate of drug-likeness (QED) is 0.781. The molecule has 0 saturated carbocycles. The summed E-state index contributed by atoms with van der Waals surface area (Å²) in [6.07, 6.45) is 3.56. The SMILES string of the molecule is CCc1nc(NCCc2ccccn2)c2cc(C)sc2n1. The van der Waals surface area contributed by atoms with Crippen LogP contribution in [0.4, 0.5) is 5.82 Å². The van der Waals surface area contributed by atoms with Crippen LogP contribution in [0.5, 0.6) is 0 Å². The van der Waals surface area contributed by atoms with Crippen molar-refractivity contribution in [1.82, 2.24) is 15.0 Å². The third-order valence-corrected chi connectivity index (χ3v) is 4.22. The van der Waals surface area contributed by atoms with Crippen LogP contribution in [-0.2, 0) is 12.8 Å². The van der Waals surface area contributed by atoms with E-state index in [0.717, 1.165) is 46.9 Å². The highest BCUT2D eigenvalue weighted by Gasteiger charge is 2.09. The van der Waals surface area contributed by atoms with E-state index in [1.54, 1.807) is 11.3 Å². The first kappa shape index (κ1) is 13.9. The molecule has 4 nitrogen and oxygen atoms in total. The Labute approximate surface area is 128 Å². The Bertz CT molecular complexity index is 737. The average Bonchev–Trinajstić information content (AvgIpc) is 2.88. The number of fused-ring (bicyclic) bond motifs is 1. The van der Waals surface area contributed by atoms with E-state index in [0.29, 0.717) is 0 Å². The van der Waals surface area contributed by atoms with E-state index < -0.39 is 0 Å². The van der Waals surface area contributed by atoms with Crippen LogP contribution in [0.1, 0.15) is 23.3 Å². The molecule has 0 radical (unpaired) electrons. The zero-order valence-electron chi connectivity index (χ0n) is 12.3. The van der Waals surface area contributed by atoms with Gasteiger partial charge in [0.25, 0.3) is 0 Å². The minimum atomic E-state index is 0.821. The molecule has 1 N–H and O–H groups in total. The highest BCUT2D eigenvalue weighted by molar-refractivity contribution is 7.18. The lowest BCUT2D eigenvalue weighted by molar-refractivity contribution is 0.930. The van der Waals surface area contributed by atoms with Crippen LogP contribution in [0.25, 0.3) is 10.2 Å². The standard InChI is InChI=1S/C16H18N4S/c1-3-14-19-15(13-10-11(2)21-16(13)20-14)18-9-7-12-6-4-5-8-17-12/h4-6,8,10H,3,7,9H2,1-2H3,(H,18,19,20). The van der Waals surface area contributed by atoms with Gasteiger partial charge in [0.05, 0.1) is 5.39 Å². The van der Waals surface area contributed by atoms with Crippen LogP contribution < -0.4 is 5.32 Å². The summed E-state index contributed by atoms with van der Waals surface area (Å²) < 4.78 is 0. The summed E-state index contributed by atoms with van der Waals surface area (Å²) >= 11 is 1.72. The number of nitrogens with zero attached hydrogens (tertiary/aromatic N) is 3. The van der Waals surface area contributed by atoms with Crippen LogP contribution in [-0.4, -0.2) is 21.5 Å². The minimum Gasteiger partial charge on any atom is -0.369 e. The molecule has 0 aliphatic heterocycles. The van der Waals surface area contributed by atoms with Gasteiger partial charge < -0.3 is 5.32 Å². The fraction of sp³-hybridized carbons (Fsp3) is 0.312. The number of aromatic nitrogens is 3. The van der Waals surface area contributed by atoms with Crippen molar-refractivity contribution in [3.63, 3.8) is 0 Å². The molecule has 3 aromatic rings. The molecule has 108 valence electrons. The van der Waals surface area contributed by atoms with Gasteiger partial charge in [-0.05, 0) is 25.1 Å². The van der Waals surface area contributed by atoms with Crippen LogP contribution in [0.15, 0.2) is 30.5 Å². The van der Waals surface area contributed by atoms with E-state index >= 15 is 0 Å². The Morgan fingerprint density at radius 1 is 1.24 bits per heavy atom. The van der Waals surface area contributed by atoms with Crippen LogP contribution in [0.3, 0.4) is 0 Å². The first-order valence-electron chi connectivity index (χ1n) is 7.17. The highest BCUT2D eigenvalue weighted by Crippen LogP contribution is 2.28. The van der Waals surface area contributed by atoms with E-state index in [1.165, 1.54) is 4.88 Å². The molecule has 0 spiro atoms. The molecule has 0 fully saturated rings. The van der Waals surface area contributed by atoms with E-state index in [2.05, 4.69) is 40.2 Å². The van der Waals surface area contributed by atoms with Crippen molar-refractivity contribution >= 4 is 27.4 Å². The van der Waals surface area contributed by atoms with Crippen molar-refractivity contribution in [1.29, 1.82) is 0 Å². The maximum atomic E-state index is 4.63. The molecule has 0 aliphatic carbocycles. The van der Waals surface area contributed by atoms with E-state index in [9.17, 15) is 0 Å². The second-order valence-electron chi connectivity index (χ2n) is 4.92. The van der Waals surface area contributed by atoms with Gasteiger partial charge in [-0.25, -0.2) is 9.97 Å². The molecule has 3 aromatic heterocycles. The van der Waals surface area contributed by atoms with E-state index in [1.807, 2.05) is 24.4 Å². The normalized spacial score (nSPS) is 11.0. The summed E-state index contributed by atoms with van der Waals surface area (Å²) in [5.74, 6) is 1.84. The lowest BCUT2D eigenvalue weighted by atomic mass is 10.2. The van der Waals surface area contributed by atoms with Gasteiger partial charge in [0.2, 0.25) is 0 Å². The average molecular weight is 298 g/mol. The minimum absolute atomic E-state index is 0.821. The number of hydrogen-bond donors (Lipinski definition) is 1. The Morgan fingerprint density at radius 2 is 2.14 bits per heavy atom. The van der Waals surface area contributed by atoms with E-state index in [-0.39, 0.29) is 0 Å². The lowest BCUT2D eigenvalue weighted by Crippen LogP contribution is -2.09. The molecule has 21 heavy (non-hydrogen) atoms. The summed E-state index contributed by atoms with van der Waals surface area (Å²) in [5.41, 5.74) is 1.09. The molecular weight excluding hydrogens is 280 g/mol. The van der Waals surface area contributed by atoms with Gasteiger partial charge in [0.15, 0.2) is 0 Å². The summed E-state index contributed by atoms with van der Waals surface area (Å²) in [6, 6.07) is 8.15. The van der Waals surface area contributed by atoms with Crippen molar-refractivity contribution in [3.8, 4) is 0 Å². The third kappa shape index (κ3) is 3.19. The first-order valence-corrected chi connectivity index (χ1v) is 7.98. The molecule has 0 bridgehead atoms. The molecule has 0 aromatic carbocycles. The monoisotopic (exact) mass is 298 g/mol. The highest BCUT2D eigenvalue weighted by atomic mass is 32.1. The van der Waals surface area contributed by atoms with Gasteiger partial charge >= 0.3 is 0 Å². The van der Waals surface area contributed by atoms with Crippen LogP contribution >= 0.6 is 11.3 Å². The number of hydrogen-bond acceptors (Lipinski definition) is 5. The van der Waals surface area contributed by atoms with Gasteiger partial charge in [-0.15, -0.1) is 11.3 Å². The number of nitrogens with one attached hydrogen (secondary N) is 1. The zero-order valence-corrected chi connectivity index (χ0v) is 13.1. The van der Waals surface area contributed by atoms with Gasteiger partial charge in [-0.1, -0.05) is 13.0 Å². The topological polar surface area (TPSA) is 50.7 Å². The summed E-state index contributed by atoms with van der Waals surface area (Å²) in [5, 5.41) is 4.56. The molecular formula is C16H18N4S. The largest absolute Gasteiger partial charge is 0.369 e. The Hall–Kier alpha value is -2.01. The van der Waals surface area contributed by atoms with E-state index in [4.69, 9.17) is 0 Å². The maximum Gasteiger partial charge on any atom is 0.138 e. The summed E-state index contributed by atoms with van der Waals surface area (Å²) in [7, 11) is 0. The van der Waals surface area contributed by atoms with Crippen molar-refractivity contribution in [2.45, 2.75) is 26.7 Å². The molecule has 5 heteroatoms. The lowest BCUT2D eigenvalue weighted by Gasteiger charge is -2.08. The number of thiophene rings is 1. The fourth-order valence-corrected chi connectivity index (χ4v) is 3.13. The Morgan fingerprint density at radius 3 is 2.90 bits per heavy atom. The van der Waals surface area contributed by atoms with Crippen molar-refractivity contribution in [2.24, 2.45) is 0 Å².